The predicted octanol–water partition coefficient (Wildman–Crippen LogP) is 4.44. The van der Waals surface area contributed by atoms with Gasteiger partial charge in [0.15, 0.2) is 0 Å². The largest absolute Gasteiger partial charge is 0.326 e. The van der Waals surface area contributed by atoms with Gasteiger partial charge < -0.3 is 5.32 Å². The highest BCUT2D eigenvalue weighted by Crippen LogP contribution is 2.23. The number of imide groups is 1. The molecular weight excluding hydrogens is 364 g/mol. The molecule has 0 saturated carbocycles. The number of unbranched alkanes of at least 4 members (excludes halogenated alkanes) is 2. The van der Waals surface area contributed by atoms with Crippen LogP contribution in [0.4, 0.5) is 5.69 Å². The Morgan fingerprint density at radius 1 is 1.00 bits per heavy atom. The zero-order valence-electron chi connectivity index (χ0n) is 15.1. The van der Waals surface area contributed by atoms with Crippen LogP contribution in [-0.4, -0.2) is 29.2 Å². The second-order valence-electron chi connectivity index (χ2n) is 6.63. The van der Waals surface area contributed by atoms with Crippen LogP contribution in [0.1, 0.15) is 52.0 Å². The molecule has 0 fully saturated rings. The lowest BCUT2D eigenvalue weighted by molar-refractivity contribution is -0.116. The van der Waals surface area contributed by atoms with Crippen molar-refractivity contribution >= 4 is 35.0 Å². The maximum Gasteiger partial charge on any atom is 0.261 e. The van der Waals surface area contributed by atoms with E-state index in [-0.39, 0.29) is 17.7 Å². The summed E-state index contributed by atoms with van der Waals surface area (Å²) in [5.74, 6) is -0.537. The summed E-state index contributed by atoms with van der Waals surface area (Å²) in [6.45, 7) is 2.28. The molecule has 140 valence electrons. The third-order valence-electron chi connectivity index (χ3n) is 4.62. The Bertz CT molecular complexity index is 860. The van der Waals surface area contributed by atoms with Gasteiger partial charge in [0.05, 0.1) is 11.1 Å². The summed E-state index contributed by atoms with van der Waals surface area (Å²) in [7, 11) is 0. The van der Waals surface area contributed by atoms with Crippen LogP contribution >= 0.6 is 11.6 Å². The lowest BCUT2D eigenvalue weighted by Crippen LogP contribution is -2.30. The minimum Gasteiger partial charge on any atom is -0.326 e. The van der Waals surface area contributed by atoms with Crippen LogP contribution in [0, 0.1) is 6.92 Å². The van der Waals surface area contributed by atoms with Crippen molar-refractivity contribution in [2.75, 3.05) is 11.9 Å². The second-order valence-corrected chi connectivity index (χ2v) is 7.04. The van der Waals surface area contributed by atoms with Crippen LogP contribution < -0.4 is 5.32 Å². The Morgan fingerprint density at radius 3 is 2.30 bits per heavy atom. The van der Waals surface area contributed by atoms with Crippen molar-refractivity contribution in [2.45, 2.75) is 32.6 Å². The lowest BCUT2D eigenvalue weighted by atomic mass is 10.1. The quantitative estimate of drug-likeness (QED) is 0.566. The first-order valence-corrected chi connectivity index (χ1v) is 9.36. The monoisotopic (exact) mass is 384 g/mol. The number of benzene rings is 2. The summed E-state index contributed by atoms with van der Waals surface area (Å²) >= 11 is 6.05. The molecule has 0 aliphatic carbocycles. The van der Waals surface area contributed by atoms with Crippen LogP contribution in [0.5, 0.6) is 0 Å². The number of rotatable bonds is 7. The van der Waals surface area contributed by atoms with E-state index in [0.29, 0.717) is 47.6 Å². The third-order valence-corrected chi connectivity index (χ3v) is 5.03. The fourth-order valence-electron chi connectivity index (χ4n) is 3.07. The molecule has 0 unspecified atom stereocenters. The van der Waals surface area contributed by atoms with Crippen LogP contribution in [0.2, 0.25) is 5.02 Å². The van der Waals surface area contributed by atoms with E-state index in [4.69, 9.17) is 11.6 Å². The van der Waals surface area contributed by atoms with Crippen LogP contribution in [0.25, 0.3) is 0 Å². The van der Waals surface area contributed by atoms with Crippen molar-refractivity contribution in [3.8, 4) is 0 Å². The zero-order chi connectivity index (χ0) is 19.4. The van der Waals surface area contributed by atoms with Gasteiger partial charge >= 0.3 is 0 Å². The maximum absolute atomic E-state index is 12.3. The molecule has 5 nitrogen and oxygen atoms in total. The van der Waals surface area contributed by atoms with E-state index in [1.807, 2.05) is 19.1 Å². The Balaban J connectivity index is 1.40. The van der Waals surface area contributed by atoms with Gasteiger partial charge in [0, 0.05) is 23.7 Å². The van der Waals surface area contributed by atoms with Gasteiger partial charge in [0.2, 0.25) is 5.91 Å². The molecule has 3 amide bonds. The Hall–Kier alpha value is -2.66. The number of nitrogens with zero attached hydrogens (tertiary/aromatic N) is 1. The highest BCUT2D eigenvalue weighted by atomic mass is 35.5. The number of hydrogen-bond donors (Lipinski definition) is 1. The lowest BCUT2D eigenvalue weighted by Gasteiger charge is -2.13. The fraction of sp³-hybridized carbons (Fsp3) is 0.286. The fourth-order valence-corrected chi connectivity index (χ4v) is 3.25. The van der Waals surface area contributed by atoms with Crippen LogP contribution in [-0.2, 0) is 4.79 Å². The van der Waals surface area contributed by atoms with Crippen molar-refractivity contribution in [1.29, 1.82) is 0 Å². The first kappa shape index (κ1) is 19.1. The molecule has 0 aromatic heterocycles. The van der Waals surface area contributed by atoms with Gasteiger partial charge in [-0.25, -0.2) is 0 Å². The molecule has 2 aromatic carbocycles. The van der Waals surface area contributed by atoms with E-state index >= 15 is 0 Å². The molecule has 1 aliphatic heterocycles. The molecule has 0 atom stereocenters. The summed E-state index contributed by atoms with van der Waals surface area (Å²) in [5, 5.41) is 3.45. The van der Waals surface area contributed by atoms with Gasteiger partial charge in [-0.05, 0) is 49.6 Å². The van der Waals surface area contributed by atoms with Crippen LogP contribution in [0.15, 0.2) is 42.5 Å². The minimum absolute atomic E-state index is 0.0735. The molecule has 0 bridgehead atoms. The summed E-state index contributed by atoms with van der Waals surface area (Å²) in [4.78, 5) is 37.8. The van der Waals surface area contributed by atoms with E-state index in [9.17, 15) is 14.4 Å². The second kappa shape index (κ2) is 8.35. The highest BCUT2D eigenvalue weighted by molar-refractivity contribution is 6.31. The number of nitrogens with one attached hydrogen (secondary N) is 1. The summed E-state index contributed by atoms with van der Waals surface area (Å²) in [6.07, 6.45) is 2.51. The van der Waals surface area contributed by atoms with Gasteiger partial charge in [-0.3, -0.25) is 19.3 Å². The van der Waals surface area contributed by atoms with Crippen LogP contribution in [0.3, 0.4) is 0 Å². The summed E-state index contributed by atoms with van der Waals surface area (Å²) in [6, 6.07) is 12.3. The number of fused-ring (bicyclic) bond motifs is 1. The first-order valence-electron chi connectivity index (χ1n) is 8.98. The van der Waals surface area contributed by atoms with E-state index in [1.54, 1.807) is 30.3 Å². The predicted molar refractivity (Wildman–Crippen MR) is 105 cm³/mol. The topological polar surface area (TPSA) is 66.5 Å². The number of amides is 3. The van der Waals surface area contributed by atoms with Gasteiger partial charge in [0.1, 0.15) is 0 Å². The molecule has 2 aromatic rings. The molecular formula is C21H21ClN2O3. The number of anilines is 1. The molecule has 3 rings (SSSR count). The van der Waals surface area contributed by atoms with Gasteiger partial charge in [-0.15, -0.1) is 0 Å². The summed E-state index contributed by atoms with van der Waals surface area (Å²) in [5.41, 5.74) is 2.58. The van der Waals surface area contributed by atoms with Crippen molar-refractivity contribution < 1.29 is 14.4 Å². The molecule has 0 saturated heterocycles. The molecule has 1 aliphatic rings. The maximum atomic E-state index is 12.3. The molecule has 6 heteroatoms. The van der Waals surface area contributed by atoms with Gasteiger partial charge in [-0.2, -0.15) is 0 Å². The molecule has 1 heterocycles. The Labute approximate surface area is 163 Å². The van der Waals surface area contributed by atoms with E-state index in [0.717, 1.165) is 12.0 Å². The first-order chi connectivity index (χ1) is 13.0. The number of hydrogen-bond acceptors (Lipinski definition) is 3. The van der Waals surface area contributed by atoms with E-state index < -0.39 is 0 Å². The molecule has 0 spiro atoms. The van der Waals surface area contributed by atoms with E-state index in [2.05, 4.69) is 5.32 Å². The molecule has 1 N–H and O–H groups in total. The van der Waals surface area contributed by atoms with Gasteiger partial charge in [0.25, 0.3) is 11.8 Å². The average Bonchev–Trinajstić information content (AvgIpc) is 2.89. The summed E-state index contributed by atoms with van der Waals surface area (Å²) < 4.78 is 0. The molecule has 0 radical (unpaired) electrons. The average molecular weight is 385 g/mol. The smallest absolute Gasteiger partial charge is 0.261 e. The number of carbonyl (C=O) groups excluding carboxylic acids is 3. The molecule has 27 heavy (non-hydrogen) atoms. The van der Waals surface area contributed by atoms with Crippen molar-refractivity contribution in [3.63, 3.8) is 0 Å². The SMILES string of the molecule is Cc1ccc(NC(=O)CCCCCN2C(=O)c3ccccc3C2=O)cc1Cl. The Kier molecular flexibility index (Phi) is 5.91. The van der Waals surface area contributed by atoms with E-state index in [1.165, 1.54) is 4.90 Å². The zero-order valence-corrected chi connectivity index (χ0v) is 15.9. The Morgan fingerprint density at radius 2 is 1.67 bits per heavy atom. The van der Waals surface area contributed by atoms with Crippen molar-refractivity contribution in [2.24, 2.45) is 0 Å². The minimum atomic E-state index is -0.232. The van der Waals surface area contributed by atoms with Gasteiger partial charge in [-0.1, -0.05) is 36.2 Å². The van der Waals surface area contributed by atoms with Crippen molar-refractivity contribution in [1.82, 2.24) is 4.90 Å². The third kappa shape index (κ3) is 4.37. The highest BCUT2D eigenvalue weighted by Gasteiger charge is 2.34. The number of carbonyl (C=O) groups is 3. The number of aryl methyl sites for hydroxylation is 1. The van der Waals surface area contributed by atoms with Crippen molar-refractivity contribution in [3.05, 3.63) is 64.2 Å². The number of halogens is 1. The standard InChI is InChI=1S/C21H21ClN2O3/c1-14-10-11-15(13-18(14)22)23-19(25)9-3-2-6-12-24-20(26)16-7-4-5-8-17(16)21(24)27/h4-5,7-8,10-11,13H,2-3,6,9,12H2,1H3,(H,23,25). The normalized spacial score (nSPS) is 13.0.